The Morgan fingerprint density at radius 2 is 2.28 bits per heavy atom. The monoisotopic (exact) mass is 254 g/mol. The zero-order chi connectivity index (χ0) is 12.5. The van der Waals surface area contributed by atoms with Crippen molar-refractivity contribution in [2.45, 2.75) is 51.0 Å². The minimum atomic E-state index is -0.786. The molecule has 0 aromatic rings. The van der Waals surface area contributed by atoms with Gasteiger partial charge in [0.2, 0.25) is 6.29 Å². The average molecular weight is 254 g/mol. The summed E-state index contributed by atoms with van der Waals surface area (Å²) in [4.78, 5) is 11.7. The molecule has 5 heteroatoms. The van der Waals surface area contributed by atoms with Gasteiger partial charge in [-0.15, -0.1) is 0 Å². The number of hydrogen-bond acceptors (Lipinski definition) is 5. The zero-order valence-electron chi connectivity index (χ0n) is 10.4. The lowest BCUT2D eigenvalue weighted by Crippen LogP contribution is -2.36. The van der Waals surface area contributed by atoms with Crippen LogP contribution in [0.3, 0.4) is 0 Å². The van der Waals surface area contributed by atoms with Crippen molar-refractivity contribution < 1.29 is 24.1 Å². The molecule has 100 valence electrons. The summed E-state index contributed by atoms with van der Waals surface area (Å²) < 4.78 is 16.9. The molecule has 0 unspecified atom stereocenters. The Kier molecular flexibility index (Phi) is 2.16. The molecule has 1 aliphatic carbocycles. The maximum atomic E-state index is 11.7. The maximum Gasteiger partial charge on any atom is 0.311 e. The Hall–Kier alpha value is -0.650. The third kappa shape index (κ3) is 1.15. The van der Waals surface area contributed by atoms with Gasteiger partial charge in [-0.2, -0.15) is 0 Å². The van der Waals surface area contributed by atoms with Gasteiger partial charge < -0.3 is 19.3 Å². The van der Waals surface area contributed by atoms with E-state index >= 15 is 0 Å². The van der Waals surface area contributed by atoms with Gasteiger partial charge in [0, 0.05) is 24.2 Å². The molecule has 0 spiro atoms. The van der Waals surface area contributed by atoms with Gasteiger partial charge in [-0.05, 0) is 12.8 Å². The first-order chi connectivity index (χ1) is 8.66. The summed E-state index contributed by atoms with van der Waals surface area (Å²) in [5.41, 5.74) is 0. The average Bonchev–Trinajstić information content (AvgIpc) is 2.98. The summed E-state index contributed by atoms with van der Waals surface area (Å²) in [5.74, 6) is -0.695. The van der Waals surface area contributed by atoms with Crippen LogP contribution < -0.4 is 0 Å². The molecule has 0 aromatic heterocycles. The first kappa shape index (κ1) is 11.2. The third-order valence-corrected chi connectivity index (χ3v) is 5.10. The molecule has 18 heavy (non-hydrogen) atoms. The normalized spacial score (nSPS) is 56.0. The minimum Gasteiger partial charge on any atom is -0.435 e. The highest BCUT2D eigenvalue weighted by molar-refractivity contribution is 5.76. The van der Waals surface area contributed by atoms with Gasteiger partial charge in [-0.1, -0.05) is 13.3 Å². The van der Waals surface area contributed by atoms with Crippen LogP contribution in [-0.2, 0) is 19.0 Å². The summed E-state index contributed by atoms with van der Waals surface area (Å²) >= 11 is 0. The first-order valence-electron chi connectivity index (χ1n) is 6.90. The van der Waals surface area contributed by atoms with E-state index in [0.29, 0.717) is 6.42 Å². The molecular formula is C13H18O5. The van der Waals surface area contributed by atoms with Gasteiger partial charge in [0.15, 0.2) is 12.1 Å². The number of esters is 1. The lowest BCUT2D eigenvalue weighted by molar-refractivity contribution is -0.294. The molecule has 0 radical (unpaired) electrons. The summed E-state index contributed by atoms with van der Waals surface area (Å²) in [6, 6.07) is 0. The molecule has 4 fully saturated rings. The third-order valence-electron chi connectivity index (χ3n) is 5.10. The van der Waals surface area contributed by atoms with E-state index < -0.39 is 18.4 Å². The van der Waals surface area contributed by atoms with E-state index in [1.54, 1.807) is 0 Å². The number of hydrogen-bond donors (Lipinski definition) is 1. The molecule has 1 saturated carbocycles. The zero-order valence-corrected chi connectivity index (χ0v) is 10.4. The molecule has 0 bridgehead atoms. The summed E-state index contributed by atoms with van der Waals surface area (Å²) in [6.45, 7) is 2.12. The number of rotatable bonds is 3. The molecule has 1 N–H and O–H groups in total. The van der Waals surface area contributed by atoms with E-state index in [2.05, 4.69) is 6.92 Å². The van der Waals surface area contributed by atoms with Crippen LogP contribution in [0.5, 0.6) is 0 Å². The molecular weight excluding hydrogens is 236 g/mol. The van der Waals surface area contributed by atoms with Crippen LogP contribution in [0.25, 0.3) is 0 Å². The second kappa shape index (κ2) is 3.46. The number of carbonyl (C=O) groups excluding carboxylic acids is 1. The maximum absolute atomic E-state index is 11.7. The second-order valence-corrected chi connectivity index (χ2v) is 5.96. The highest BCUT2D eigenvalue weighted by Gasteiger charge is 2.74. The Balaban J connectivity index is 1.69. The van der Waals surface area contributed by atoms with Crippen LogP contribution in [0.15, 0.2) is 0 Å². The highest BCUT2D eigenvalue weighted by atomic mass is 16.8. The van der Waals surface area contributed by atoms with Crippen molar-refractivity contribution in [3.63, 3.8) is 0 Å². The van der Waals surface area contributed by atoms with Crippen LogP contribution in [-0.4, -0.2) is 29.4 Å². The standard InChI is InChI=1S/C13H18O5/c1-2-3-4-13-9-7(11(15)17-13)5-6-8(9)12(18-13)16-10(6)14/h6-9,11-12,15H,2-5H2,1H3/t6-,7+,8-,9+,11+,12+,13-/m1/s1. The van der Waals surface area contributed by atoms with Crippen molar-refractivity contribution >= 4 is 5.97 Å². The van der Waals surface area contributed by atoms with E-state index in [1.807, 2.05) is 0 Å². The van der Waals surface area contributed by atoms with Crippen LogP contribution in [0.2, 0.25) is 0 Å². The van der Waals surface area contributed by atoms with E-state index in [0.717, 1.165) is 19.3 Å². The fourth-order valence-corrected chi connectivity index (χ4v) is 4.42. The van der Waals surface area contributed by atoms with Crippen LogP contribution in [0.1, 0.15) is 32.6 Å². The molecule has 0 aromatic carbocycles. The highest BCUT2D eigenvalue weighted by Crippen LogP contribution is 2.65. The first-order valence-corrected chi connectivity index (χ1v) is 6.90. The van der Waals surface area contributed by atoms with Gasteiger partial charge in [0.1, 0.15) is 0 Å². The van der Waals surface area contributed by atoms with Gasteiger partial charge in [-0.25, -0.2) is 0 Å². The van der Waals surface area contributed by atoms with Gasteiger partial charge in [-0.3, -0.25) is 4.79 Å². The van der Waals surface area contributed by atoms with Crippen molar-refractivity contribution in [2.24, 2.45) is 23.7 Å². The molecule has 4 rings (SSSR count). The van der Waals surface area contributed by atoms with Gasteiger partial charge in [0.25, 0.3) is 0 Å². The summed E-state index contributed by atoms with van der Waals surface area (Å²) in [7, 11) is 0. The minimum absolute atomic E-state index is 0.0368. The van der Waals surface area contributed by atoms with Crippen molar-refractivity contribution in [1.29, 1.82) is 0 Å². The van der Waals surface area contributed by atoms with E-state index in [4.69, 9.17) is 14.2 Å². The molecule has 5 nitrogen and oxygen atoms in total. The number of aliphatic hydroxyl groups is 1. The number of carbonyl (C=O) groups is 1. The Bertz CT molecular complexity index is 397. The molecule has 7 atom stereocenters. The van der Waals surface area contributed by atoms with Gasteiger partial charge >= 0.3 is 5.97 Å². The lowest BCUT2D eigenvalue weighted by atomic mass is 9.83. The van der Waals surface area contributed by atoms with Gasteiger partial charge in [0.05, 0.1) is 5.92 Å². The van der Waals surface area contributed by atoms with E-state index in [-0.39, 0.29) is 29.6 Å². The second-order valence-electron chi connectivity index (χ2n) is 5.96. The Labute approximate surface area is 105 Å². The molecule has 0 amide bonds. The fourth-order valence-electron chi connectivity index (χ4n) is 4.42. The fraction of sp³-hybridized carbons (Fsp3) is 0.923. The van der Waals surface area contributed by atoms with Crippen molar-refractivity contribution in [2.75, 3.05) is 0 Å². The number of aliphatic hydroxyl groups excluding tert-OH is 1. The summed E-state index contributed by atoms with van der Waals surface area (Å²) in [6.07, 6.45) is 2.28. The Morgan fingerprint density at radius 1 is 1.44 bits per heavy atom. The van der Waals surface area contributed by atoms with Crippen LogP contribution in [0.4, 0.5) is 0 Å². The molecule has 3 aliphatic heterocycles. The largest absolute Gasteiger partial charge is 0.435 e. The van der Waals surface area contributed by atoms with Crippen LogP contribution in [0, 0.1) is 23.7 Å². The van der Waals surface area contributed by atoms with Crippen LogP contribution >= 0.6 is 0 Å². The van der Waals surface area contributed by atoms with Crippen molar-refractivity contribution in [1.82, 2.24) is 0 Å². The smallest absolute Gasteiger partial charge is 0.311 e. The SMILES string of the molecule is CCCC[C@@]12O[C@@H]3OC(=O)[C@@H]4C[C@@H]([C@H]1[C@H]34)[C@@H](O)O2. The molecule has 3 saturated heterocycles. The predicted octanol–water partition coefficient (Wildman–Crippen LogP) is 1.00. The number of ether oxygens (including phenoxy) is 3. The van der Waals surface area contributed by atoms with E-state index in [1.165, 1.54) is 0 Å². The quantitative estimate of drug-likeness (QED) is 0.761. The Morgan fingerprint density at radius 3 is 3.06 bits per heavy atom. The topological polar surface area (TPSA) is 65.0 Å². The molecule has 3 heterocycles. The lowest BCUT2D eigenvalue weighted by Gasteiger charge is -2.28. The van der Waals surface area contributed by atoms with Crippen molar-refractivity contribution in [3.8, 4) is 0 Å². The number of unbranched alkanes of at least 4 members (excludes halogenated alkanes) is 1. The predicted molar refractivity (Wildman–Crippen MR) is 58.9 cm³/mol. The van der Waals surface area contributed by atoms with E-state index in [9.17, 15) is 9.90 Å². The molecule has 4 aliphatic rings. The van der Waals surface area contributed by atoms with Crippen molar-refractivity contribution in [3.05, 3.63) is 0 Å². The summed E-state index contributed by atoms with van der Waals surface area (Å²) in [5, 5.41) is 10.0.